The second-order valence-electron chi connectivity index (χ2n) is 5.15. The molecule has 2 aromatic rings. The largest absolute Gasteiger partial charge is 0.496 e. The predicted molar refractivity (Wildman–Crippen MR) is 73.3 cm³/mol. The molecule has 0 unspecified atom stereocenters. The van der Waals surface area contributed by atoms with Gasteiger partial charge in [0.25, 0.3) is 0 Å². The van der Waals surface area contributed by atoms with E-state index in [0.29, 0.717) is 5.56 Å². The van der Waals surface area contributed by atoms with Crippen molar-refractivity contribution in [1.29, 1.82) is 0 Å². The molecule has 0 amide bonds. The minimum absolute atomic E-state index is 0.153. The van der Waals surface area contributed by atoms with Crippen molar-refractivity contribution in [3.05, 3.63) is 30.0 Å². The molecule has 2 rings (SSSR count). The van der Waals surface area contributed by atoms with Crippen LogP contribution in [0.1, 0.15) is 37.6 Å². The molecule has 0 radical (unpaired) electrons. The SMILES string of the molecule is CCC(C)(C)C(=O)c1c[nH]c2cccc(OC)c12. The minimum Gasteiger partial charge on any atom is -0.496 e. The van der Waals surface area contributed by atoms with Gasteiger partial charge in [0.05, 0.1) is 12.5 Å². The van der Waals surface area contributed by atoms with Crippen molar-refractivity contribution in [2.75, 3.05) is 7.11 Å². The van der Waals surface area contributed by atoms with Gasteiger partial charge in [-0.2, -0.15) is 0 Å². The van der Waals surface area contributed by atoms with Crippen molar-refractivity contribution in [3.63, 3.8) is 0 Å². The fraction of sp³-hybridized carbons (Fsp3) is 0.400. The maximum absolute atomic E-state index is 12.6. The molecule has 0 saturated carbocycles. The van der Waals surface area contributed by atoms with Crippen LogP contribution in [0, 0.1) is 5.41 Å². The van der Waals surface area contributed by atoms with Crippen molar-refractivity contribution in [1.82, 2.24) is 4.98 Å². The first-order valence-electron chi connectivity index (χ1n) is 6.20. The fourth-order valence-corrected chi connectivity index (χ4v) is 2.03. The molecule has 1 heterocycles. The van der Waals surface area contributed by atoms with E-state index in [1.165, 1.54) is 0 Å². The number of carbonyl (C=O) groups is 1. The Morgan fingerprint density at radius 2 is 2.11 bits per heavy atom. The number of rotatable bonds is 4. The topological polar surface area (TPSA) is 42.1 Å². The van der Waals surface area contributed by atoms with E-state index in [-0.39, 0.29) is 11.2 Å². The van der Waals surface area contributed by atoms with Gasteiger partial charge < -0.3 is 9.72 Å². The lowest BCUT2D eigenvalue weighted by Crippen LogP contribution is -2.23. The summed E-state index contributed by atoms with van der Waals surface area (Å²) in [6, 6.07) is 5.75. The Kier molecular flexibility index (Phi) is 3.16. The standard InChI is InChI=1S/C15H19NO2/c1-5-15(2,3)14(17)10-9-16-11-7-6-8-12(18-4)13(10)11/h6-9,16H,5H2,1-4H3. The zero-order chi connectivity index (χ0) is 13.3. The van der Waals surface area contributed by atoms with Gasteiger partial charge in [0.1, 0.15) is 5.75 Å². The van der Waals surface area contributed by atoms with Crippen LogP contribution in [0.15, 0.2) is 24.4 Å². The van der Waals surface area contributed by atoms with E-state index in [1.807, 2.05) is 39.0 Å². The van der Waals surface area contributed by atoms with Gasteiger partial charge in [-0.15, -0.1) is 0 Å². The summed E-state index contributed by atoms with van der Waals surface area (Å²) in [5, 5.41) is 0.881. The van der Waals surface area contributed by atoms with Gasteiger partial charge in [-0.3, -0.25) is 4.79 Å². The van der Waals surface area contributed by atoms with E-state index in [2.05, 4.69) is 4.98 Å². The van der Waals surface area contributed by atoms with E-state index >= 15 is 0 Å². The molecule has 0 aliphatic rings. The van der Waals surface area contributed by atoms with Gasteiger partial charge in [0, 0.05) is 22.7 Å². The number of aromatic nitrogens is 1. The highest BCUT2D eigenvalue weighted by Crippen LogP contribution is 2.34. The molecular weight excluding hydrogens is 226 g/mol. The molecule has 0 fully saturated rings. The highest BCUT2D eigenvalue weighted by molar-refractivity contribution is 6.12. The van der Waals surface area contributed by atoms with Gasteiger partial charge in [-0.1, -0.05) is 26.8 Å². The molecule has 0 aliphatic carbocycles. The number of hydrogen-bond donors (Lipinski definition) is 1. The second-order valence-corrected chi connectivity index (χ2v) is 5.15. The van der Waals surface area contributed by atoms with Crippen LogP contribution >= 0.6 is 0 Å². The molecule has 0 saturated heterocycles. The van der Waals surface area contributed by atoms with Crippen molar-refractivity contribution >= 4 is 16.7 Å². The maximum atomic E-state index is 12.6. The second kappa shape index (κ2) is 4.48. The third kappa shape index (κ3) is 1.90. The first kappa shape index (κ1) is 12.7. The summed E-state index contributed by atoms with van der Waals surface area (Å²) in [5.74, 6) is 0.893. The van der Waals surface area contributed by atoms with Crippen LogP contribution < -0.4 is 4.74 Å². The maximum Gasteiger partial charge on any atom is 0.170 e. The van der Waals surface area contributed by atoms with Crippen molar-refractivity contribution in [3.8, 4) is 5.75 Å². The summed E-state index contributed by atoms with van der Waals surface area (Å²) in [5.41, 5.74) is 1.30. The summed E-state index contributed by atoms with van der Waals surface area (Å²) in [6.07, 6.45) is 2.60. The molecule has 3 heteroatoms. The van der Waals surface area contributed by atoms with Crippen LogP contribution in [-0.4, -0.2) is 17.9 Å². The molecule has 3 nitrogen and oxygen atoms in total. The number of hydrogen-bond acceptors (Lipinski definition) is 2. The molecule has 0 bridgehead atoms. The quantitative estimate of drug-likeness (QED) is 0.832. The summed E-state index contributed by atoms with van der Waals surface area (Å²) in [7, 11) is 1.63. The van der Waals surface area contributed by atoms with Gasteiger partial charge in [-0.05, 0) is 18.6 Å². The van der Waals surface area contributed by atoms with Crippen LogP contribution in [0.4, 0.5) is 0 Å². The fourth-order valence-electron chi connectivity index (χ4n) is 2.03. The molecule has 1 aromatic heterocycles. The van der Waals surface area contributed by atoms with Crippen LogP contribution in [-0.2, 0) is 0 Å². The summed E-state index contributed by atoms with van der Waals surface area (Å²) in [4.78, 5) is 15.7. The Hall–Kier alpha value is -1.77. The average Bonchev–Trinajstić information content (AvgIpc) is 2.81. The van der Waals surface area contributed by atoms with Crippen LogP contribution in [0.5, 0.6) is 5.75 Å². The van der Waals surface area contributed by atoms with Gasteiger partial charge >= 0.3 is 0 Å². The van der Waals surface area contributed by atoms with E-state index in [4.69, 9.17) is 4.74 Å². The lowest BCUT2D eigenvalue weighted by Gasteiger charge is -2.20. The van der Waals surface area contributed by atoms with Gasteiger partial charge in [0.2, 0.25) is 0 Å². The lowest BCUT2D eigenvalue weighted by atomic mass is 9.82. The number of fused-ring (bicyclic) bond motifs is 1. The highest BCUT2D eigenvalue weighted by Gasteiger charge is 2.29. The molecule has 1 aromatic carbocycles. The number of benzene rings is 1. The van der Waals surface area contributed by atoms with Gasteiger partial charge in [0.15, 0.2) is 5.78 Å². The van der Waals surface area contributed by atoms with Crippen molar-refractivity contribution < 1.29 is 9.53 Å². The molecule has 96 valence electrons. The molecular formula is C15H19NO2. The smallest absolute Gasteiger partial charge is 0.170 e. The zero-order valence-corrected chi connectivity index (χ0v) is 11.3. The Morgan fingerprint density at radius 1 is 1.39 bits per heavy atom. The number of ketones is 1. The monoisotopic (exact) mass is 245 g/mol. The third-order valence-electron chi connectivity index (χ3n) is 3.63. The molecule has 18 heavy (non-hydrogen) atoms. The zero-order valence-electron chi connectivity index (χ0n) is 11.3. The molecule has 0 spiro atoms. The lowest BCUT2D eigenvalue weighted by molar-refractivity contribution is 0.0834. The summed E-state index contributed by atoms with van der Waals surface area (Å²) < 4.78 is 5.35. The van der Waals surface area contributed by atoms with E-state index < -0.39 is 0 Å². The number of carbonyl (C=O) groups excluding carboxylic acids is 1. The Labute approximate surface area is 107 Å². The van der Waals surface area contributed by atoms with E-state index in [0.717, 1.165) is 23.1 Å². The molecule has 1 N–H and O–H groups in total. The number of methoxy groups -OCH3 is 1. The van der Waals surface area contributed by atoms with Crippen LogP contribution in [0.2, 0.25) is 0 Å². The van der Waals surface area contributed by atoms with Crippen molar-refractivity contribution in [2.24, 2.45) is 5.41 Å². The van der Waals surface area contributed by atoms with Crippen LogP contribution in [0.25, 0.3) is 10.9 Å². The number of aromatic amines is 1. The first-order valence-corrected chi connectivity index (χ1v) is 6.20. The number of Topliss-reactive ketones (excluding diaryl/α,β-unsaturated/α-hetero) is 1. The average molecular weight is 245 g/mol. The normalized spacial score (nSPS) is 11.8. The molecule has 0 atom stereocenters. The Morgan fingerprint density at radius 3 is 2.72 bits per heavy atom. The Bertz CT molecular complexity index is 581. The predicted octanol–water partition coefficient (Wildman–Crippen LogP) is 3.80. The Balaban J connectivity index is 2.62. The number of ether oxygens (including phenoxy) is 1. The van der Waals surface area contributed by atoms with E-state index in [9.17, 15) is 4.79 Å². The number of nitrogens with one attached hydrogen (secondary N) is 1. The minimum atomic E-state index is -0.351. The van der Waals surface area contributed by atoms with Crippen LogP contribution in [0.3, 0.4) is 0 Å². The van der Waals surface area contributed by atoms with Crippen molar-refractivity contribution in [2.45, 2.75) is 27.2 Å². The van der Waals surface area contributed by atoms with Gasteiger partial charge in [-0.25, -0.2) is 0 Å². The first-order chi connectivity index (χ1) is 8.51. The van der Waals surface area contributed by atoms with E-state index in [1.54, 1.807) is 13.3 Å². The molecule has 0 aliphatic heterocycles. The third-order valence-corrected chi connectivity index (χ3v) is 3.63. The number of H-pyrrole nitrogens is 1. The summed E-state index contributed by atoms with van der Waals surface area (Å²) >= 11 is 0. The summed E-state index contributed by atoms with van der Waals surface area (Å²) in [6.45, 7) is 5.98. The highest BCUT2D eigenvalue weighted by atomic mass is 16.5.